The molecule has 0 amide bonds. The molecule has 0 aromatic heterocycles. The van der Waals surface area contributed by atoms with Crippen molar-refractivity contribution in [3.8, 4) is 6.07 Å². The Balaban J connectivity index is 2.87. The molecule has 2 unspecified atom stereocenters. The van der Waals surface area contributed by atoms with E-state index in [0.717, 1.165) is 0 Å². The Morgan fingerprint density at radius 3 is 2.67 bits per heavy atom. The number of hydrogen-bond acceptors (Lipinski definition) is 2. The summed E-state index contributed by atoms with van der Waals surface area (Å²) < 4.78 is 13.3. The van der Waals surface area contributed by atoms with Gasteiger partial charge in [0.1, 0.15) is 5.82 Å². The molecule has 0 aliphatic carbocycles. The van der Waals surface area contributed by atoms with Crippen LogP contribution in [0.3, 0.4) is 0 Å². The van der Waals surface area contributed by atoms with Gasteiger partial charge in [-0.25, -0.2) is 4.39 Å². The number of nitriles is 1. The molecule has 0 saturated carbocycles. The molecule has 1 rings (SSSR count). The van der Waals surface area contributed by atoms with Gasteiger partial charge in [0.15, 0.2) is 0 Å². The van der Waals surface area contributed by atoms with Crippen molar-refractivity contribution < 1.29 is 9.50 Å². The van der Waals surface area contributed by atoms with Crippen molar-refractivity contribution in [2.24, 2.45) is 5.92 Å². The standard InChI is InChI=1S/C12H14FNO/c1-9(8-14)12(2,15)7-10-5-3-4-6-11(10)13/h3-6,9,15H,7H2,1-2H3. The molecule has 1 aromatic rings. The van der Waals surface area contributed by atoms with Crippen molar-refractivity contribution in [2.45, 2.75) is 25.9 Å². The normalized spacial score (nSPS) is 16.5. The average molecular weight is 207 g/mol. The van der Waals surface area contributed by atoms with Crippen LogP contribution in [-0.4, -0.2) is 10.7 Å². The highest BCUT2D eigenvalue weighted by Gasteiger charge is 2.29. The minimum atomic E-state index is -1.20. The van der Waals surface area contributed by atoms with Gasteiger partial charge in [-0.3, -0.25) is 0 Å². The third-order valence-corrected chi connectivity index (χ3v) is 2.63. The molecule has 0 heterocycles. The van der Waals surface area contributed by atoms with Crippen LogP contribution in [0.25, 0.3) is 0 Å². The summed E-state index contributed by atoms with van der Waals surface area (Å²) in [6, 6.07) is 8.25. The van der Waals surface area contributed by atoms with Crippen molar-refractivity contribution >= 4 is 0 Å². The molecule has 0 spiro atoms. The minimum Gasteiger partial charge on any atom is -0.388 e. The first-order chi connectivity index (χ1) is 6.97. The minimum absolute atomic E-state index is 0.147. The molecule has 0 saturated heterocycles. The summed E-state index contributed by atoms with van der Waals surface area (Å²) in [4.78, 5) is 0. The van der Waals surface area contributed by atoms with Crippen molar-refractivity contribution in [3.05, 3.63) is 35.6 Å². The molecule has 0 aliphatic rings. The van der Waals surface area contributed by atoms with Gasteiger partial charge in [-0.2, -0.15) is 5.26 Å². The van der Waals surface area contributed by atoms with Crippen LogP contribution in [0.2, 0.25) is 0 Å². The third-order valence-electron chi connectivity index (χ3n) is 2.63. The zero-order chi connectivity index (χ0) is 11.5. The summed E-state index contributed by atoms with van der Waals surface area (Å²) in [6.45, 7) is 3.17. The third kappa shape index (κ3) is 2.77. The molecule has 0 bridgehead atoms. The molecule has 3 heteroatoms. The summed E-state index contributed by atoms with van der Waals surface area (Å²) in [6.07, 6.45) is 0.147. The van der Waals surface area contributed by atoms with Crippen molar-refractivity contribution in [1.29, 1.82) is 5.26 Å². The van der Waals surface area contributed by atoms with Crippen LogP contribution < -0.4 is 0 Å². The van der Waals surface area contributed by atoms with Crippen LogP contribution in [0.15, 0.2) is 24.3 Å². The van der Waals surface area contributed by atoms with Gasteiger partial charge in [0.25, 0.3) is 0 Å². The van der Waals surface area contributed by atoms with Crippen LogP contribution in [0.5, 0.6) is 0 Å². The Bertz CT molecular complexity index is 381. The molecule has 15 heavy (non-hydrogen) atoms. The van der Waals surface area contributed by atoms with E-state index >= 15 is 0 Å². The van der Waals surface area contributed by atoms with Gasteiger partial charge < -0.3 is 5.11 Å². The van der Waals surface area contributed by atoms with Gasteiger partial charge in [0.05, 0.1) is 17.6 Å². The Labute approximate surface area is 89.0 Å². The van der Waals surface area contributed by atoms with E-state index in [0.29, 0.717) is 5.56 Å². The lowest BCUT2D eigenvalue weighted by molar-refractivity contribution is 0.0269. The number of rotatable bonds is 3. The molecular weight excluding hydrogens is 193 g/mol. The Hall–Kier alpha value is -1.40. The van der Waals surface area contributed by atoms with E-state index in [1.54, 1.807) is 32.0 Å². The van der Waals surface area contributed by atoms with E-state index < -0.39 is 11.5 Å². The van der Waals surface area contributed by atoms with E-state index in [9.17, 15) is 9.50 Å². The second kappa shape index (κ2) is 4.41. The quantitative estimate of drug-likeness (QED) is 0.826. The number of hydrogen-bond donors (Lipinski definition) is 1. The monoisotopic (exact) mass is 207 g/mol. The molecule has 2 nitrogen and oxygen atoms in total. The van der Waals surface area contributed by atoms with E-state index in [4.69, 9.17) is 5.26 Å². The molecule has 0 fully saturated rings. The highest BCUT2D eigenvalue weighted by molar-refractivity contribution is 5.20. The van der Waals surface area contributed by atoms with Gasteiger partial charge >= 0.3 is 0 Å². The maximum absolute atomic E-state index is 13.3. The van der Waals surface area contributed by atoms with Crippen LogP contribution >= 0.6 is 0 Å². The second-order valence-electron chi connectivity index (χ2n) is 3.98. The molecule has 1 N–H and O–H groups in total. The van der Waals surface area contributed by atoms with Gasteiger partial charge in [0.2, 0.25) is 0 Å². The van der Waals surface area contributed by atoms with Crippen LogP contribution in [-0.2, 0) is 6.42 Å². The Morgan fingerprint density at radius 2 is 2.13 bits per heavy atom. The van der Waals surface area contributed by atoms with Crippen molar-refractivity contribution in [3.63, 3.8) is 0 Å². The Morgan fingerprint density at radius 1 is 1.53 bits per heavy atom. The van der Waals surface area contributed by atoms with Crippen LogP contribution in [0.4, 0.5) is 4.39 Å². The number of nitrogens with zero attached hydrogens (tertiary/aromatic N) is 1. The maximum atomic E-state index is 13.3. The molecule has 2 atom stereocenters. The smallest absolute Gasteiger partial charge is 0.126 e. The van der Waals surface area contributed by atoms with E-state index in [1.165, 1.54) is 6.07 Å². The number of halogens is 1. The van der Waals surface area contributed by atoms with E-state index in [1.807, 2.05) is 6.07 Å². The van der Waals surface area contributed by atoms with E-state index in [2.05, 4.69) is 0 Å². The van der Waals surface area contributed by atoms with E-state index in [-0.39, 0.29) is 12.2 Å². The summed E-state index contributed by atoms with van der Waals surface area (Å²) >= 11 is 0. The lowest BCUT2D eigenvalue weighted by Gasteiger charge is -2.25. The topological polar surface area (TPSA) is 44.0 Å². The summed E-state index contributed by atoms with van der Waals surface area (Å²) in [5, 5.41) is 18.7. The fraction of sp³-hybridized carbons (Fsp3) is 0.417. The largest absolute Gasteiger partial charge is 0.388 e. The van der Waals surface area contributed by atoms with Gasteiger partial charge in [-0.15, -0.1) is 0 Å². The first-order valence-electron chi connectivity index (χ1n) is 4.83. The number of aliphatic hydroxyl groups is 1. The van der Waals surface area contributed by atoms with Crippen LogP contribution in [0, 0.1) is 23.1 Å². The van der Waals surface area contributed by atoms with Gasteiger partial charge in [-0.05, 0) is 25.5 Å². The summed E-state index contributed by atoms with van der Waals surface area (Å²) in [7, 11) is 0. The van der Waals surface area contributed by atoms with Gasteiger partial charge in [0, 0.05) is 6.42 Å². The maximum Gasteiger partial charge on any atom is 0.126 e. The molecule has 80 valence electrons. The van der Waals surface area contributed by atoms with Crippen molar-refractivity contribution in [2.75, 3.05) is 0 Å². The zero-order valence-electron chi connectivity index (χ0n) is 8.87. The summed E-state index contributed by atoms with van der Waals surface area (Å²) in [5.41, 5.74) is -0.763. The zero-order valence-corrected chi connectivity index (χ0v) is 8.87. The Kier molecular flexibility index (Phi) is 3.43. The average Bonchev–Trinajstić information content (AvgIpc) is 2.20. The SMILES string of the molecule is CC(C#N)C(C)(O)Cc1ccccc1F. The van der Waals surface area contributed by atoms with Crippen LogP contribution in [0.1, 0.15) is 19.4 Å². The van der Waals surface area contributed by atoms with Gasteiger partial charge in [-0.1, -0.05) is 18.2 Å². The summed E-state index contributed by atoms with van der Waals surface area (Å²) in [5.74, 6) is -0.875. The highest BCUT2D eigenvalue weighted by Crippen LogP contribution is 2.22. The first kappa shape index (κ1) is 11.7. The highest BCUT2D eigenvalue weighted by atomic mass is 19.1. The molecular formula is C12H14FNO. The van der Waals surface area contributed by atoms with Crippen molar-refractivity contribution in [1.82, 2.24) is 0 Å². The molecule has 1 aromatic carbocycles. The predicted octanol–water partition coefficient (Wildman–Crippen LogP) is 2.28. The first-order valence-corrected chi connectivity index (χ1v) is 4.83. The fourth-order valence-corrected chi connectivity index (χ4v) is 1.32. The second-order valence-corrected chi connectivity index (χ2v) is 3.98. The number of benzene rings is 1. The predicted molar refractivity (Wildman–Crippen MR) is 55.5 cm³/mol. The lowest BCUT2D eigenvalue weighted by Crippen LogP contribution is -2.34. The fourth-order valence-electron chi connectivity index (χ4n) is 1.32. The molecule has 0 radical (unpaired) electrons. The lowest BCUT2D eigenvalue weighted by atomic mass is 9.86. The molecule has 0 aliphatic heterocycles.